The lowest BCUT2D eigenvalue weighted by atomic mass is 10.2. The molecular formula is C11H11ClN4O. The molecule has 1 amide bonds. The van der Waals surface area contributed by atoms with Crippen LogP contribution in [0.15, 0.2) is 30.7 Å². The lowest BCUT2D eigenvalue weighted by Gasteiger charge is -2.04. The molecule has 0 aliphatic heterocycles. The maximum atomic E-state index is 11.8. The summed E-state index contributed by atoms with van der Waals surface area (Å²) < 4.78 is 1.68. The number of hydrogen-bond acceptors (Lipinski definition) is 3. The van der Waals surface area contributed by atoms with E-state index in [0.717, 1.165) is 5.69 Å². The average Bonchev–Trinajstić information content (AvgIpc) is 2.73. The fraction of sp³-hybridized carbons (Fsp3) is 0.182. The topological polar surface area (TPSA) is 59.8 Å². The van der Waals surface area contributed by atoms with Crippen molar-refractivity contribution in [2.45, 2.75) is 6.54 Å². The van der Waals surface area contributed by atoms with Crippen LogP contribution in [-0.2, 0) is 13.6 Å². The third kappa shape index (κ3) is 2.82. The van der Waals surface area contributed by atoms with Crippen LogP contribution in [0.4, 0.5) is 0 Å². The second-order valence-electron chi connectivity index (χ2n) is 3.52. The summed E-state index contributed by atoms with van der Waals surface area (Å²) in [7, 11) is 1.82. The molecule has 0 aliphatic carbocycles. The Bertz CT molecular complexity index is 538. The van der Waals surface area contributed by atoms with Gasteiger partial charge in [-0.2, -0.15) is 5.10 Å². The molecule has 5 nitrogen and oxygen atoms in total. The van der Waals surface area contributed by atoms with Gasteiger partial charge in [-0.25, -0.2) is 0 Å². The first-order valence-electron chi connectivity index (χ1n) is 5.03. The lowest BCUT2D eigenvalue weighted by Crippen LogP contribution is -2.23. The average molecular weight is 251 g/mol. The van der Waals surface area contributed by atoms with Crippen LogP contribution < -0.4 is 5.32 Å². The van der Waals surface area contributed by atoms with E-state index in [9.17, 15) is 4.79 Å². The molecule has 0 fully saturated rings. The van der Waals surface area contributed by atoms with E-state index in [-0.39, 0.29) is 5.91 Å². The van der Waals surface area contributed by atoms with Crippen LogP contribution in [0, 0.1) is 0 Å². The summed E-state index contributed by atoms with van der Waals surface area (Å²) >= 11 is 5.86. The van der Waals surface area contributed by atoms with Crippen LogP contribution in [-0.4, -0.2) is 20.7 Å². The molecule has 0 unspecified atom stereocenters. The highest BCUT2D eigenvalue weighted by Crippen LogP contribution is 2.12. The third-order valence-electron chi connectivity index (χ3n) is 2.22. The number of hydrogen-bond donors (Lipinski definition) is 1. The van der Waals surface area contributed by atoms with Crippen LogP contribution in [0.5, 0.6) is 0 Å². The summed E-state index contributed by atoms with van der Waals surface area (Å²) in [6.45, 7) is 0.373. The summed E-state index contributed by atoms with van der Waals surface area (Å²) in [4.78, 5) is 15.6. The Balaban J connectivity index is 2.01. The van der Waals surface area contributed by atoms with E-state index in [1.807, 2.05) is 19.3 Å². The van der Waals surface area contributed by atoms with Crippen LogP contribution in [0.3, 0.4) is 0 Å². The van der Waals surface area contributed by atoms with Gasteiger partial charge in [0.15, 0.2) is 0 Å². The highest BCUT2D eigenvalue weighted by Gasteiger charge is 2.09. The van der Waals surface area contributed by atoms with Gasteiger partial charge in [-0.05, 0) is 12.1 Å². The van der Waals surface area contributed by atoms with Gasteiger partial charge in [-0.1, -0.05) is 11.6 Å². The Morgan fingerprint density at radius 3 is 3.00 bits per heavy atom. The van der Waals surface area contributed by atoms with Crippen molar-refractivity contribution in [2.24, 2.45) is 7.05 Å². The molecule has 0 bridgehead atoms. The van der Waals surface area contributed by atoms with Crippen LogP contribution in [0.2, 0.25) is 5.02 Å². The molecule has 88 valence electrons. The van der Waals surface area contributed by atoms with E-state index in [0.29, 0.717) is 17.1 Å². The first kappa shape index (κ1) is 11.6. The number of halogens is 1. The summed E-state index contributed by atoms with van der Waals surface area (Å²) in [6.07, 6.45) is 4.79. The van der Waals surface area contributed by atoms with E-state index >= 15 is 0 Å². The smallest absolute Gasteiger partial charge is 0.253 e. The van der Waals surface area contributed by atoms with Crippen molar-refractivity contribution >= 4 is 17.5 Å². The van der Waals surface area contributed by atoms with Gasteiger partial charge in [0, 0.05) is 25.6 Å². The lowest BCUT2D eigenvalue weighted by molar-refractivity contribution is 0.0950. The Morgan fingerprint density at radius 1 is 1.53 bits per heavy atom. The zero-order valence-corrected chi connectivity index (χ0v) is 9.98. The summed E-state index contributed by atoms with van der Waals surface area (Å²) in [5, 5.41) is 7.24. The predicted molar refractivity (Wildman–Crippen MR) is 63.6 cm³/mol. The number of nitrogens with one attached hydrogen (secondary N) is 1. The first-order valence-corrected chi connectivity index (χ1v) is 5.41. The number of rotatable bonds is 3. The van der Waals surface area contributed by atoms with Crippen molar-refractivity contribution in [1.29, 1.82) is 0 Å². The molecule has 0 radical (unpaired) electrons. The van der Waals surface area contributed by atoms with Gasteiger partial charge in [-0.3, -0.25) is 14.5 Å². The van der Waals surface area contributed by atoms with Gasteiger partial charge in [0.1, 0.15) is 0 Å². The zero-order chi connectivity index (χ0) is 12.3. The van der Waals surface area contributed by atoms with Gasteiger partial charge in [-0.15, -0.1) is 0 Å². The monoisotopic (exact) mass is 250 g/mol. The van der Waals surface area contributed by atoms with Gasteiger partial charge >= 0.3 is 0 Å². The molecule has 2 heterocycles. The molecule has 2 aromatic rings. The van der Waals surface area contributed by atoms with Crippen LogP contribution in [0.25, 0.3) is 0 Å². The molecule has 6 heteroatoms. The Kier molecular flexibility index (Phi) is 3.39. The highest BCUT2D eigenvalue weighted by molar-refractivity contribution is 6.33. The fourth-order valence-corrected chi connectivity index (χ4v) is 1.59. The SMILES string of the molecule is Cn1ccc(CNC(=O)c2ccncc2Cl)n1. The van der Waals surface area contributed by atoms with Crippen molar-refractivity contribution in [3.05, 3.63) is 47.0 Å². The highest BCUT2D eigenvalue weighted by atomic mass is 35.5. The summed E-state index contributed by atoms with van der Waals surface area (Å²) in [5.41, 5.74) is 1.21. The minimum absolute atomic E-state index is 0.233. The number of pyridine rings is 1. The van der Waals surface area contributed by atoms with Gasteiger partial charge in [0.2, 0.25) is 0 Å². The molecule has 17 heavy (non-hydrogen) atoms. The van der Waals surface area contributed by atoms with E-state index in [1.165, 1.54) is 12.4 Å². The van der Waals surface area contributed by atoms with Crippen molar-refractivity contribution in [3.63, 3.8) is 0 Å². The molecule has 0 atom stereocenters. The van der Waals surface area contributed by atoms with Crippen molar-refractivity contribution in [3.8, 4) is 0 Å². The minimum atomic E-state index is -0.233. The van der Waals surface area contributed by atoms with Crippen molar-refractivity contribution in [1.82, 2.24) is 20.1 Å². The van der Waals surface area contributed by atoms with Gasteiger partial charge in [0.05, 0.1) is 22.8 Å². The Morgan fingerprint density at radius 2 is 2.35 bits per heavy atom. The molecule has 0 saturated carbocycles. The summed E-state index contributed by atoms with van der Waals surface area (Å²) in [6, 6.07) is 3.42. The Labute approximate surface area is 103 Å². The zero-order valence-electron chi connectivity index (χ0n) is 9.22. The number of aryl methyl sites for hydroxylation is 1. The van der Waals surface area contributed by atoms with Crippen LogP contribution >= 0.6 is 11.6 Å². The number of carbonyl (C=O) groups excluding carboxylic acids is 1. The normalized spacial score (nSPS) is 10.2. The number of carbonyl (C=O) groups is 1. The van der Waals surface area contributed by atoms with Crippen molar-refractivity contribution < 1.29 is 4.79 Å². The standard InChI is InChI=1S/C11H11ClN4O/c1-16-5-3-8(15-16)6-14-11(17)9-2-4-13-7-10(9)12/h2-5,7H,6H2,1H3,(H,14,17). The molecule has 2 aromatic heterocycles. The molecule has 2 rings (SSSR count). The molecule has 0 spiro atoms. The first-order chi connectivity index (χ1) is 8.16. The molecular weight excluding hydrogens is 240 g/mol. The number of nitrogens with zero attached hydrogens (tertiary/aromatic N) is 3. The van der Waals surface area contributed by atoms with Gasteiger partial charge < -0.3 is 5.32 Å². The maximum Gasteiger partial charge on any atom is 0.253 e. The molecule has 1 N–H and O–H groups in total. The second kappa shape index (κ2) is 4.97. The van der Waals surface area contributed by atoms with E-state index in [2.05, 4.69) is 15.4 Å². The maximum absolute atomic E-state index is 11.8. The van der Waals surface area contributed by atoms with Crippen LogP contribution in [0.1, 0.15) is 16.1 Å². The largest absolute Gasteiger partial charge is 0.346 e. The fourth-order valence-electron chi connectivity index (χ4n) is 1.38. The van der Waals surface area contributed by atoms with E-state index < -0.39 is 0 Å². The number of amides is 1. The number of aromatic nitrogens is 3. The second-order valence-corrected chi connectivity index (χ2v) is 3.93. The third-order valence-corrected chi connectivity index (χ3v) is 2.52. The minimum Gasteiger partial charge on any atom is -0.346 e. The van der Waals surface area contributed by atoms with E-state index in [1.54, 1.807) is 10.7 Å². The van der Waals surface area contributed by atoms with Crippen molar-refractivity contribution in [2.75, 3.05) is 0 Å². The predicted octanol–water partition coefficient (Wildman–Crippen LogP) is 1.40. The summed E-state index contributed by atoms with van der Waals surface area (Å²) in [5.74, 6) is -0.233. The quantitative estimate of drug-likeness (QED) is 0.896. The molecule has 0 aliphatic rings. The molecule has 0 saturated heterocycles. The van der Waals surface area contributed by atoms with E-state index in [4.69, 9.17) is 11.6 Å². The molecule has 0 aromatic carbocycles. The Hall–Kier alpha value is -1.88. The van der Waals surface area contributed by atoms with Gasteiger partial charge in [0.25, 0.3) is 5.91 Å².